The summed E-state index contributed by atoms with van der Waals surface area (Å²) >= 11 is 0. The van der Waals surface area contributed by atoms with Crippen molar-refractivity contribution in [3.05, 3.63) is 59.9 Å². The average Bonchev–Trinajstić information content (AvgIpc) is 3.10. The van der Waals surface area contributed by atoms with Gasteiger partial charge in [0, 0.05) is 12.7 Å². The van der Waals surface area contributed by atoms with Crippen LogP contribution in [0.3, 0.4) is 0 Å². The highest BCUT2D eigenvalue weighted by atomic mass is 16.3. The van der Waals surface area contributed by atoms with Gasteiger partial charge in [-0.15, -0.1) is 0 Å². The lowest BCUT2D eigenvalue weighted by molar-refractivity contribution is 0.0930. The highest BCUT2D eigenvalue weighted by molar-refractivity contribution is 5.94. The van der Waals surface area contributed by atoms with Gasteiger partial charge in [-0.05, 0) is 43.6 Å². The van der Waals surface area contributed by atoms with E-state index in [0.717, 1.165) is 13.1 Å². The minimum atomic E-state index is -0.344. The van der Waals surface area contributed by atoms with Crippen molar-refractivity contribution in [1.29, 1.82) is 0 Å². The van der Waals surface area contributed by atoms with Crippen molar-refractivity contribution < 1.29 is 9.90 Å². The van der Waals surface area contributed by atoms with E-state index in [1.807, 2.05) is 18.2 Å². The molecule has 2 N–H and O–H groups in total. The quantitative estimate of drug-likeness (QED) is 0.889. The number of hydrogen-bond acceptors (Lipinski definition) is 4. The zero-order valence-corrected chi connectivity index (χ0v) is 13.0. The molecular weight excluding hydrogens is 290 g/mol. The van der Waals surface area contributed by atoms with Gasteiger partial charge in [-0.25, -0.2) is 4.98 Å². The first-order valence-electron chi connectivity index (χ1n) is 7.97. The van der Waals surface area contributed by atoms with E-state index in [1.54, 1.807) is 6.07 Å². The molecule has 1 aromatic heterocycles. The Morgan fingerprint density at radius 1 is 1.17 bits per heavy atom. The fourth-order valence-corrected chi connectivity index (χ4v) is 3.03. The first-order chi connectivity index (χ1) is 11.3. The number of aromatic hydroxyl groups is 1. The van der Waals surface area contributed by atoms with E-state index in [2.05, 4.69) is 27.3 Å². The molecule has 1 amide bonds. The Balaban J connectivity index is 1.72. The molecule has 1 saturated heterocycles. The van der Waals surface area contributed by atoms with E-state index < -0.39 is 0 Å². The zero-order chi connectivity index (χ0) is 16.1. The summed E-state index contributed by atoms with van der Waals surface area (Å²) < 4.78 is 0. The molecule has 1 aliphatic heterocycles. The third-order valence-corrected chi connectivity index (χ3v) is 4.22. The van der Waals surface area contributed by atoms with E-state index >= 15 is 0 Å². The monoisotopic (exact) mass is 311 g/mol. The Morgan fingerprint density at radius 3 is 2.61 bits per heavy atom. The van der Waals surface area contributed by atoms with Crippen LogP contribution in [0.5, 0.6) is 5.75 Å². The second-order valence-electron chi connectivity index (χ2n) is 5.75. The minimum Gasteiger partial charge on any atom is -0.505 e. The molecule has 0 radical (unpaired) electrons. The lowest BCUT2D eigenvalue weighted by Gasteiger charge is -2.28. The number of pyridine rings is 1. The van der Waals surface area contributed by atoms with Crippen LogP contribution in [0, 0.1) is 0 Å². The van der Waals surface area contributed by atoms with E-state index in [1.165, 1.54) is 30.7 Å². The molecule has 3 rings (SSSR count). The first-order valence-corrected chi connectivity index (χ1v) is 7.97. The predicted octanol–water partition coefficient (Wildman–Crippen LogP) is 2.35. The average molecular weight is 311 g/mol. The van der Waals surface area contributed by atoms with Gasteiger partial charge >= 0.3 is 0 Å². The van der Waals surface area contributed by atoms with Crippen LogP contribution in [0.2, 0.25) is 0 Å². The maximum Gasteiger partial charge on any atom is 0.273 e. The minimum absolute atomic E-state index is 0.0701. The summed E-state index contributed by atoms with van der Waals surface area (Å²) in [4.78, 5) is 18.6. The van der Waals surface area contributed by atoms with E-state index in [0.29, 0.717) is 6.54 Å². The number of amides is 1. The number of carbonyl (C=O) groups is 1. The maximum atomic E-state index is 12.3. The molecule has 2 aromatic rings. The Kier molecular flexibility index (Phi) is 4.88. The molecule has 0 spiro atoms. The highest BCUT2D eigenvalue weighted by Gasteiger charge is 2.24. The fraction of sp³-hybridized carbons (Fsp3) is 0.333. The highest BCUT2D eigenvalue weighted by Crippen LogP contribution is 2.24. The number of carbonyl (C=O) groups excluding carboxylic acids is 1. The Morgan fingerprint density at radius 2 is 1.91 bits per heavy atom. The molecule has 2 heterocycles. The van der Waals surface area contributed by atoms with Gasteiger partial charge in [0.25, 0.3) is 5.91 Å². The van der Waals surface area contributed by atoms with Crippen LogP contribution in [-0.4, -0.2) is 40.5 Å². The molecule has 1 aliphatic rings. The molecule has 23 heavy (non-hydrogen) atoms. The smallest absolute Gasteiger partial charge is 0.273 e. The van der Waals surface area contributed by atoms with Gasteiger partial charge < -0.3 is 10.4 Å². The van der Waals surface area contributed by atoms with Gasteiger partial charge in [0.2, 0.25) is 0 Å². The summed E-state index contributed by atoms with van der Waals surface area (Å²) in [5, 5.41) is 12.7. The van der Waals surface area contributed by atoms with Crippen LogP contribution >= 0.6 is 0 Å². The van der Waals surface area contributed by atoms with Gasteiger partial charge in [-0.2, -0.15) is 0 Å². The third-order valence-electron chi connectivity index (χ3n) is 4.22. The number of aromatic nitrogens is 1. The summed E-state index contributed by atoms with van der Waals surface area (Å²) in [6.45, 7) is 2.59. The molecule has 120 valence electrons. The molecule has 5 nitrogen and oxygen atoms in total. The topological polar surface area (TPSA) is 65.5 Å². The Bertz CT molecular complexity index is 654. The number of nitrogens with one attached hydrogen (secondary N) is 1. The molecular formula is C18H21N3O2. The second kappa shape index (κ2) is 7.24. The zero-order valence-electron chi connectivity index (χ0n) is 13.0. The fourth-order valence-electron chi connectivity index (χ4n) is 3.03. The van der Waals surface area contributed by atoms with Crippen molar-refractivity contribution in [3.63, 3.8) is 0 Å². The molecule has 0 bridgehead atoms. The molecule has 5 heteroatoms. The number of benzene rings is 1. The molecule has 0 saturated carbocycles. The van der Waals surface area contributed by atoms with Crippen molar-refractivity contribution in [3.8, 4) is 5.75 Å². The number of hydrogen-bond donors (Lipinski definition) is 2. The van der Waals surface area contributed by atoms with Gasteiger partial charge in [0.05, 0.1) is 6.04 Å². The van der Waals surface area contributed by atoms with E-state index in [9.17, 15) is 9.90 Å². The normalized spacial score (nSPS) is 16.2. The largest absolute Gasteiger partial charge is 0.505 e. The van der Waals surface area contributed by atoms with Gasteiger partial charge in [0.1, 0.15) is 5.75 Å². The summed E-state index contributed by atoms with van der Waals surface area (Å²) in [6, 6.07) is 13.4. The maximum absolute atomic E-state index is 12.3. The second-order valence-corrected chi connectivity index (χ2v) is 5.75. The molecule has 1 atom stereocenters. The molecule has 1 aromatic carbocycles. The van der Waals surface area contributed by atoms with Crippen molar-refractivity contribution in [2.75, 3.05) is 19.6 Å². The summed E-state index contributed by atoms with van der Waals surface area (Å²) in [5.74, 6) is -0.439. The SMILES string of the molecule is O=C(NCC(c1ccccc1)N1CCCC1)c1ncccc1O. The Labute approximate surface area is 136 Å². The van der Waals surface area contributed by atoms with Crippen LogP contribution < -0.4 is 5.32 Å². The lowest BCUT2D eigenvalue weighted by atomic mass is 10.1. The lowest BCUT2D eigenvalue weighted by Crippen LogP contribution is -2.37. The predicted molar refractivity (Wildman–Crippen MR) is 88.2 cm³/mol. The number of rotatable bonds is 5. The van der Waals surface area contributed by atoms with Gasteiger partial charge in [-0.1, -0.05) is 30.3 Å². The van der Waals surface area contributed by atoms with Crippen LogP contribution in [0.25, 0.3) is 0 Å². The summed E-state index contributed by atoms with van der Waals surface area (Å²) in [6.07, 6.45) is 3.89. The third kappa shape index (κ3) is 3.68. The summed E-state index contributed by atoms with van der Waals surface area (Å²) in [7, 11) is 0. The standard InChI is InChI=1S/C18H21N3O2/c22-16-9-6-10-19-17(16)18(23)20-13-15(21-11-4-5-12-21)14-7-2-1-3-8-14/h1-3,6-10,15,22H,4-5,11-13H2,(H,20,23). The van der Waals surface area contributed by atoms with Gasteiger partial charge in [0.15, 0.2) is 5.69 Å². The molecule has 1 fully saturated rings. The first kappa shape index (κ1) is 15.5. The Hall–Kier alpha value is -2.40. The van der Waals surface area contributed by atoms with Gasteiger partial charge in [-0.3, -0.25) is 9.69 Å². The molecule has 1 unspecified atom stereocenters. The van der Waals surface area contributed by atoms with Crippen molar-refractivity contribution in [1.82, 2.24) is 15.2 Å². The van der Waals surface area contributed by atoms with Crippen LogP contribution in [-0.2, 0) is 0 Å². The summed E-state index contributed by atoms with van der Waals surface area (Å²) in [5.41, 5.74) is 1.26. The van der Waals surface area contributed by atoms with E-state index in [4.69, 9.17) is 0 Å². The van der Waals surface area contributed by atoms with E-state index in [-0.39, 0.29) is 23.4 Å². The van der Waals surface area contributed by atoms with Crippen molar-refractivity contribution >= 4 is 5.91 Å². The van der Waals surface area contributed by atoms with Crippen molar-refractivity contribution in [2.45, 2.75) is 18.9 Å². The number of likely N-dealkylation sites (tertiary alicyclic amines) is 1. The van der Waals surface area contributed by atoms with Crippen LogP contribution in [0.15, 0.2) is 48.7 Å². The van der Waals surface area contributed by atoms with Crippen molar-refractivity contribution in [2.24, 2.45) is 0 Å². The molecule has 0 aliphatic carbocycles. The van der Waals surface area contributed by atoms with Crippen LogP contribution in [0.4, 0.5) is 0 Å². The van der Waals surface area contributed by atoms with Crippen LogP contribution in [0.1, 0.15) is 34.9 Å². The number of nitrogens with zero attached hydrogens (tertiary/aromatic N) is 2.